The van der Waals surface area contributed by atoms with Gasteiger partial charge in [-0.25, -0.2) is 0 Å². The quantitative estimate of drug-likeness (QED) is 0.812. The zero-order valence-electron chi connectivity index (χ0n) is 12.8. The molecule has 22 heavy (non-hydrogen) atoms. The molecule has 1 saturated carbocycles. The Bertz CT molecular complexity index is 657. The number of hydrogen-bond donors (Lipinski definition) is 3. The number of aliphatic hydroxyl groups excluding tert-OH is 1. The third-order valence-corrected chi connectivity index (χ3v) is 4.18. The Hall–Kier alpha value is -2.01. The third-order valence-electron chi connectivity index (χ3n) is 4.18. The van der Waals surface area contributed by atoms with Crippen LogP contribution in [0.5, 0.6) is 5.75 Å². The maximum Gasteiger partial charge on any atom is 0.267 e. The van der Waals surface area contributed by atoms with E-state index >= 15 is 0 Å². The fourth-order valence-corrected chi connectivity index (χ4v) is 2.97. The molecule has 3 N–H and O–H groups in total. The van der Waals surface area contributed by atoms with Gasteiger partial charge in [-0.1, -0.05) is 0 Å². The van der Waals surface area contributed by atoms with E-state index in [4.69, 9.17) is 4.74 Å². The Morgan fingerprint density at radius 3 is 2.82 bits per heavy atom. The van der Waals surface area contributed by atoms with Crippen LogP contribution < -0.4 is 10.1 Å². The molecule has 0 atom stereocenters. The van der Waals surface area contributed by atoms with Gasteiger partial charge in [0.05, 0.1) is 12.7 Å². The molecular formula is C17H22N2O3. The highest BCUT2D eigenvalue weighted by atomic mass is 16.5. The summed E-state index contributed by atoms with van der Waals surface area (Å²) in [5.74, 6) is 0.709. The summed E-state index contributed by atoms with van der Waals surface area (Å²) in [6.07, 6.45) is 2.98. The molecule has 1 aromatic heterocycles. The van der Waals surface area contributed by atoms with E-state index in [-0.39, 0.29) is 18.1 Å². The van der Waals surface area contributed by atoms with Crippen LogP contribution in [0.2, 0.25) is 0 Å². The van der Waals surface area contributed by atoms with Crippen molar-refractivity contribution in [1.82, 2.24) is 10.3 Å². The van der Waals surface area contributed by atoms with Gasteiger partial charge in [0.15, 0.2) is 0 Å². The molecule has 0 bridgehead atoms. The molecule has 1 heterocycles. The van der Waals surface area contributed by atoms with Crippen molar-refractivity contribution < 1.29 is 14.6 Å². The highest BCUT2D eigenvalue weighted by molar-refractivity contribution is 5.98. The number of carbonyl (C=O) groups excluding carboxylic acids is 1. The molecule has 1 aliphatic rings. The molecule has 0 aliphatic heterocycles. The zero-order valence-corrected chi connectivity index (χ0v) is 12.8. The van der Waals surface area contributed by atoms with Crippen LogP contribution in [0.3, 0.4) is 0 Å². The number of aromatic amines is 1. The van der Waals surface area contributed by atoms with Crippen molar-refractivity contribution in [3.63, 3.8) is 0 Å². The first-order valence-electron chi connectivity index (χ1n) is 7.90. The number of fused-ring (bicyclic) bond motifs is 1. The molecule has 0 unspecified atom stereocenters. The van der Waals surface area contributed by atoms with Crippen LogP contribution in [0, 0.1) is 0 Å². The van der Waals surface area contributed by atoms with E-state index in [2.05, 4.69) is 10.3 Å². The third kappa shape index (κ3) is 3.25. The topological polar surface area (TPSA) is 74.3 Å². The Balaban J connectivity index is 1.71. The van der Waals surface area contributed by atoms with Crippen molar-refractivity contribution in [2.75, 3.05) is 6.61 Å². The lowest BCUT2D eigenvalue weighted by Crippen LogP contribution is -2.38. The number of amides is 1. The zero-order chi connectivity index (χ0) is 15.5. The molecule has 1 aliphatic carbocycles. The molecule has 0 saturated heterocycles. The van der Waals surface area contributed by atoms with Gasteiger partial charge in [-0.15, -0.1) is 0 Å². The van der Waals surface area contributed by atoms with Crippen molar-refractivity contribution in [1.29, 1.82) is 0 Å². The second-order valence-corrected chi connectivity index (χ2v) is 5.84. The summed E-state index contributed by atoms with van der Waals surface area (Å²) in [5.41, 5.74) is 1.46. The van der Waals surface area contributed by atoms with Crippen molar-refractivity contribution in [3.8, 4) is 5.75 Å². The van der Waals surface area contributed by atoms with Crippen LogP contribution >= 0.6 is 0 Å². The van der Waals surface area contributed by atoms with Crippen LogP contribution in [0.1, 0.15) is 43.1 Å². The first-order valence-corrected chi connectivity index (χ1v) is 7.90. The largest absolute Gasteiger partial charge is 0.494 e. The van der Waals surface area contributed by atoms with Crippen LogP contribution in [-0.2, 0) is 0 Å². The molecule has 0 radical (unpaired) electrons. The number of ether oxygens (including phenoxy) is 1. The van der Waals surface area contributed by atoms with Gasteiger partial charge < -0.3 is 20.1 Å². The smallest absolute Gasteiger partial charge is 0.267 e. The number of rotatable bonds is 4. The van der Waals surface area contributed by atoms with E-state index in [9.17, 15) is 9.90 Å². The first-order chi connectivity index (χ1) is 10.7. The van der Waals surface area contributed by atoms with Crippen LogP contribution in [0.15, 0.2) is 24.3 Å². The minimum atomic E-state index is -0.210. The summed E-state index contributed by atoms with van der Waals surface area (Å²) in [5, 5.41) is 13.5. The van der Waals surface area contributed by atoms with E-state index in [0.29, 0.717) is 12.3 Å². The maximum atomic E-state index is 12.3. The molecule has 1 aromatic carbocycles. The van der Waals surface area contributed by atoms with E-state index in [1.165, 1.54) is 0 Å². The predicted octanol–water partition coefficient (Wildman–Crippen LogP) is 2.60. The normalized spacial score (nSPS) is 21.7. The lowest BCUT2D eigenvalue weighted by molar-refractivity contribution is 0.0864. The van der Waals surface area contributed by atoms with Gasteiger partial charge in [0.2, 0.25) is 0 Å². The van der Waals surface area contributed by atoms with Gasteiger partial charge in [-0.3, -0.25) is 4.79 Å². The Morgan fingerprint density at radius 2 is 2.09 bits per heavy atom. The van der Waals surface area contributed by atoms with Crippen molar-refractivity contribution in [2.45, 2.75) is 44.8 Å². The second-order valence-electron chi connectivity index (χ2n) is 5.84. The molecule has 1 fully saturated rings. The van der Waals surface area contributed by atoms with Gasteiger partial charge in [0.25, 0.3) is 5.91 Å². The second kappa shape index (κ2) is 6.40. The Morgan fingerprint density at radius 1 is 1.32 bits per heavy atom. The van der Waals surface area contributed by atoms with Crippen molar-refractivity contribution in [2.24, 2.45) is 0 Å². The van der Waals surface area contributed by atoms with E-state index in [1.54, 1.807) is 0 Å². The molecule has 5 heteroatoms. The first kappa shape index (κ1) is 14.9. The predicted molar refractivity (Wildman–Crippen MR) is 85.2 cm³/mol. The summed E-state index contributed by atoms with van der Waals surface area (Å²) in [4.78, 5) is 15.5. The van der Waals surface area contributed by atoms with E-state index in [0.717, 1.165) is 42.3 Å². The van der Waals surface area contributed by atoms with Gasteiger partial charge in [0.1, 0.15) is 11.4 Å². The Kier molecular flexibility index (Phi) is 4.34. The van der Waals surface area contributed by atoms with E-state index in [1.807, 2.05) is 31.2 Å². The number of carbonyl (C=O) groups is 1. The highest BCUT2D eigenvalue weighted by Crippen LogP contribution is 2.22. The number of hydrogen-bond acceptors (Lipinski definition) is 3. The molecular weight excluding hydrogens is 280 g/mol. The van der Waals surface area contributed by atoms with E-state index < -0.39 is 0 Å². The average Bonchev–Trinajstić information content (AvgIpc) is 2.93. The van der Waals surface area contributed by atoms with Gasteiger partial charge >= 0.3 is 0 Å². The number of nitrogens with one attached hydrogen (secondary N) is 2. The van der Waals surface area contributed by atoms with Crippen LogP contribution in [-0.4, -0.2) is 34.8 Å². The van der Waals surface area contributed by atoms with Crippen LogP contribution in [0.25, 0.3) is 10.9 Å². The molecule has 118 valence electrons. The van der Waals surface area contributed by atoms with Crippen molar-refractivity contribution >= 4 is 16.8 Å². The monoisotopic (exact) mass is 302 g/mol. The van der Waals surface area contributed by atoms with Gasteiger partial charge in [0, 0.05) is 23.0 Å². The minimum absolute atomic E-state index is 0.0875. The maximum absolute atomic E-state index is 12.3. The summed E-state index contributed by atoms with van der Waals surface area (Å²) < 4.78 is 5.47. The molecule has 0 spiro atoms. The Labute approximate surface area is 129 Å². The van der Waals surface area contributed by atoms with Crippen LogP contribution in [0.4, 0.5) is 0 Å². The summed E-state index contributed by atoms with van der Waals surface area (Å²) in [6.45, 7) is 2.56. The number of benzene rings is 1. The average molecular weight is 302 g/mol. The lowest BCUT2D eigenvalue weighted by Gasteiger charge is -2.25. The molecule has 2 aromatic rings. The summed E-state index contributed by atoms with van der Waals surface area (Å²) in [6, 6.07) is 7.78. The standard InChI is InChI=1S/C17H22N2O3/c1-2-22-14-8-3-11-9-16(19-15(11)10-14)17(21)18-12-4-6-13(20)7-5-12/h3,8-10,12-13,19-20H,2,4-7H2,1H3,(H,18,21). The fraction of sp³-hybridized carbons (Fsp3) is 0.471. The number of aliphatic hydroxyl groups is 1. The summed E-state index contributed by atoms with van der Waals surface area (Å²) in [7, 11) is 0. The van der Waals surface area contributed by atoms with Gasteiger partial charge in [-0.2, -0.15) is 0 Å². The summed E-state index contributed by atoms with van der Waals surface area (Å²) >= 11 is 0. The minimum Gasteiger partial charge on any atom is -0.494 e. The highest BCUT2D eigenvalue weighted by Gasteiger charge is 2.21. The number of aromatic nitrogens is 1. The van der Waals surface area contributed by atoms with Crippen molar-refractivity contribution in [3.05, 3.63) is 30.0 Å². The van der Waals surface area contributed by atoms with Gasteiger partial charge in [-0.05, 0) is 50.8 Å². The molecule has 3 rings (SSSR count). The SMILES string of the molecule is CCOc1ccc2cc(C(=O)NC3CCC(O)CC3)[nH]c2c1. The lowest BCUT2D eigenvalue weighted by atomic mass is 9.93. The number of H-pyrrole nitrogens is 1. The molecule has 1 amide bonds. The fourth-order valence-electron chi connectivity index (χ4n) is 2.97. The molecule has 5 nitrogen and oxygen atoms in total.